The lowest BCUT2D eigenvalue weighted by Crippen LogP contribution is -1.82. The van der Waals surface area contributed by atoms with Crippen molar-refractivity contribution >= 4 is 16.8 Å². The maximum atomic E-state index is 8.77. The zero-order chi connectivity index (χ0) is 10.7. The molecule has 0 spiro atoms. The van der Waals surface area contributed by atoms with Crippen LogP contribution in [0.4, 0.5) is 0 Å². The number of hydrogen-bond acceptors (Lipinski definition) is 1. The maximum absolute atomic E-state index is 8.77. The molecule has 0 heterocycles. The van der Waals surface area contributed by atoms with Crippen molar-refractivity contribution in [1.82, 2.24) is 0 Å². The van der Waals surface area contributed by atoms with E-state index in [0.29, 0.717) is 0 Å². The smallest absolute Gasteiger partial charge is 0.0615 e. The molecule has 0 bridgehead atoms. The van der Waals surface area contributed by atoms with Crippen LogP contribution in [0.1, 0.15) is 11.1 Å². The Labute approximate surface area is 89.7 Å². The van der Waals surface area contributed by atoms with Crippen molar-refractivity contribution < 1.29 is 5.11 Å². The Morgan fingerprint density at radius 1 is 1.07 bits per heavy atom. The van der Waals surface area contributed by atoms with Crippen molar-refractivity contribution in [2.24, 2.45) is 0 Å². The second kappa shape index (κ2) is 4.28. The molecule has 0 atom stereocenters. The molecule has 2 rings (SSSR count). The summed E-state index contributed by atoms with van der Waals surface area (Å²) in [5.41, 5.74) is 2.44. The highest BCUT2D eigenvalue weighted by atomic mass is 16.2. The van der Waals surface area contributed by atoms with E-state index >= 15 is 0 Å². The van der Waals surface area contributed by atoms with Gasteiger partial charge in [-0.3, -0.25) is 0 Å². The van der Waals surface area contributed by atoms with E-state index in [-0.39, 0.29) is 6.61 Å². The quantitative estimate of drug-likeness (QED) is 0.786. The molecule has 0 aliphatic rings. The second-order valence-electron chi connectivity index (χ2n) is 3.60. The summed E-state index contributed by atoms with van der Waals surface area (Å²) in [5.74, 6) is 0. The molecular formula is C14H14O. The summed E-state index contributed by atoms with van der Waals surface area (Å²) >= 11 is 0. The average Bonchev–Trinajstić information content (AvgIpc) is 2.29. The van der Waals surface area contributed by atoms with Crippen molar-refractivity contribution in [2.75, 3.05) is 6.61 Å². The molecule has 0 aliphatic carbocycles. The first kappa shape index (κ1) is 9.94. The van der Waals surface area contributed by atoms with Crippen molar-refractivity contribution in [1.29, 1.82) is 0 Å². The molecule has 0 radical (unpaired) electrons. The number of hydrogen-bond donors (Lipinski definition) is 1. The Hall–Kier alpha value is -1.60. The summed E-state index contributed by atoms with van der Waals surface area (Å²) in [5, 5.41) is 11.3. The van der Waals surface area contributed by atoms with Crippen LogP contribution in [-0.4, -0.2) is 11.7 Å². The SMILES string of the molecule is Cc1ccc(/C=C/CO)c2ccccc12. The van der Waals surface area contributed by atoms with Crippen molar-refractivity contribution in [2.45, 2.75) is 6.92 Å². The lowest BCUT2D eigenvalue weighted by molar-refractivity contribution is 0.343. The Morgan fingerprint density at radius 3 is 2.53 bits per heavy atom. The van der Waals surface area contributed by atoms with Gasteiger partial charge in [-0.05, 0) is 28.8 Å². The Balaban J connectivity index is 2.66. The predicted molar refractivity (Wildman–Crippen MR) is 64.8 cm³/mol. The number of benzene rings is 2. The van der Waals surface area contributed by atoms with Gasteiger partial charge in [0.2, 0.25) is 0 Å². The van der Waals surface area contributed by atoms with Gasteiger partial charge >= 0.3 is 0 Å². The molecule has 0 unspecified atom stereocenters. The van der Waals surface area contributed by atoms with Crippen LogP contribution in [0.15, 0.2) is 42.5 Å². The van der Waals surface area contributed by atoms with Gasteiger partial charge in [0.25, 0.3) is 0 Å². The molecular weight excluding hydrogens is 184 g/mol. The fraction of sp³-hybridized carbons (Fsp3) is 0.143. The Morgan fingerprint density at radius 2 is 1.80 bits per heavy atom. The number of rotatable bonds is 2. The number of aliphatic hydroxyl groups is 1. The normalized spacial score (nSPS) is 11.3. The van der Waals surface area contributed by atoms with Gasteiger partial charge in [0, 0.05) is 0 Å². The Kier molecular flexibility index (Phi) is 2.84. The molecule has 0 amide bonds. The molecule has 15 heavy (non-hydrogen) atoms. The van der Waals surface area contributed by atoms with Crippen LogP contribution in [0.3, 0.4) is 0 Å². The van der Waals surface area contributed by atoms with Gasteiger partial charge < -0.3 is 5.11 Å². The fourth-order valence-corrected chi connectivity index (χ4v) is 1.80. The largest absolute Gasteiger partial charge is 0.392 e. The summed E-state index contributed by atoms with van der Waals surface area (Å²) in [7, 11) is 0. The van der Waals surface area contributed by atoms with E-state index in [1.165, 1.54) is 16.3 Å². The van der Waals surface area contributed by atoms with E-state index in [0.717, 1.165) is 5.56 Å². The van der Waals surface area contributed by atoms with Gasteiger partial charge in [0.05, 0.1) is 6.61 Å². The Bertz CT molecular complexity index is 498. The summed E-state index contributed by atoms with van der Waals surface area (Å²) in [6.07, 6.45) is 3.72. The topological polar surface area (TPSA) is 20.2 Å². The summed E-state index contributed by atoms with van der Waals surface area (Å²) in [4.78, 5) is 0. The zero-order valence-electron chi connectivity index (χ0n) is 8.77. The lowest BCUT2D eigenvalue weighted by Gasteiger charge is -2.05. The lowest BCUT2D eigenvalue weighted by atomic mass is 10.0. The van der Waals surface area contributed by atoms with Crippen LogP contribution in [-0.2, 0) is 0 Å². The molecule has 1 heteroatoms. The van der Waals surface area contributed by atoms with Crippen LogP contribution < -0.4 is 0 Å². The first-order chi connectivity index (χ1) is 7.33. The van der Waals surface area contributed by atoms with Crippen molar-refractivity contribution in [3.8, 4) is 0 Å². The standard InChI is InChI=1S/C14H14O/c1-11-8-9-12(5-4-10-15)14-7-3-2-6-13(11)14/h2-9,15H,10H2,1H3/b5-4+. The van der Waals surface area contributed by atoms with E-state index in [4.69, 9.17) is 5.11 Å². The average molecular weight is 198 g/mol. The van der Waals surface area contributed by atoms with E-state index < -0.39 is 0 Å². The van der Waals surface area contributed by atoms with E-state index in [1.807, 2.05) is 12.1 Å². The van der Waals surface area contributed by atoms with Gasteiger partial charge in [-0.15, -0.1) is 0 Å². The monoisotopic (exact) mass is 198 g/mol. The van der Waals surface area contributed by atoms with Gasteiger partial charge in [0.1, 0.15) is 0 Å². The fourth-order valence-electron chi connectivity index (χ4n) is 1.80. The van der Waals surface area contributed by atoms with Crippen LogP contribution in [0, 0.1) is 6.92 Å². The highest BCUT2D eigenvalue weighted by molar-refractivity contribution is 5.92. The van der Waals surface area contributed by atoms with E-state index in [9.17, 15) is 0 Å². The minimum atomic E-state index is 0.0855. The number of aryl methyl sites for hydroxylation is 1. The molecule has 0 aromatic heterocycles. The molecule has 0 saturated carbocycles. The summed E-state index contributed by atoms with van der Waals surface area (Å²) < 4.78 is 0. The number of fused-ring (bicyclic) bond motifs is 1. The van der Waals surface area contributed by atoms with Crippen LogP contribution >= 0.6 is 0 Å². The van der Waals surface area contributed by atoms with Gasteiger partial charge in [-0.1, -0.05) is 48.6 Å². The van der Waals surface area contributed by atoms with Gasteiger partial charge in [-0.25, -0.2) is 0 Å². The molecule has 76 valence electrons. The minimum Gasteiger partial charge on any atom is -0.392 e. The molecule has 2 aromatic rings. The summed E-state index contributed by atoms with van der Waals surface area (Å²) in [6, 6.07) is 12.5. The predicted octanol–water partition coefficient (Wildman–Crippen LogP) is 3.15. The summed E-state index contributed by atoms with van der Waals surface area (Å²) in [6.45, 7) is 2.20. The molecule has 1 nitrogen and oxygen atoms in total. The zero-order valence-corrected chi connectivity index (χ0v) is 8.77. The van der Waals surface area contributed by atoms with Gasteiger partial charge in [-0.2, -0.15) is 0 Å². The molecule has 0 saturated heterocycles. The second-order valence-corrected chi connectivity index (χ2v) is 3.60. The molecule has 0 fully saturated rings. The van der Waals surface area contributed by atoms with Crippen molar-refractivity contribution in [3.63, 3.8) is 0 Å². The third-order valence-electron chi connectivity index (χ3n) is 2.58. The van der Waals surface area contributed by atoms with Crippen LogP contribution in [0.5, 0.6) is 0 Å². The van der Waals surface area contributed by atoms with Gasteiger partial charge in [0.15, 0.2) is 0 Å². The highest BCUT2D eigenvalue weighted by Gasteiger charge is 1.99. The highest BCUT2D eigenvalue weighted by Crippen LogP contribution is 2.23. The third-order valence-corrected chi connectivity index (χ3v) is 2.58. The first-order valence-electron chi connectivity index (χ1n) is 5.08. The first-order valence-corrected chi connectivity index (χ1v) is 5.08. The van der Waals surface area contributed by atoms with Crippen LogP contribution in [0.2, 0.25) is 0 Å². The van der Waals surface area contributed by atoms with Crippen molar-refractivity contribution in [3.05, 3.63) is 53.6 Å². The minimum absolute atomic E-state index is 0.0855. The van der Waals surface area contributed by atoms with Crippen LogP contribution in [0.25, 0.3) is 16.8 Å². The van der Waals surface area contributed by atoms with E-state index in [1.54, 1.807) is 6.08 Å². The molecule has 1 N–H and O–H groups in total. The molecule has 2 aromatic carbocycles. The van der Waals surface area contributed by atoms with E-state index in [2.05, 4.69) is 37.3 Å². The molecule has 0 aliphatic heterocycles. The third kappa shape index (κ3) is 1.92. The number of aliphatic hydroxyl groups excluding tert-OH is 1. The maximum Gasteiger partial charge on any atom is 0.0615 e.